The molecule has 0 saturated heterocycles. The third kappa shape index (κ3) is 2.44. The van der Waals surface area contributed by atoms with Crippen LogP contribution in [0.5, 0.6) is 0 Å². The van der Waals surface area contributed by atoms with Crippen LogP contribution in [0.1, 0.15) is 61.1 Å². The Hall–Kier alpha value is -0.900. The second-order valence-electron chi connectivity index (χ2n) is 7.20. The molecule has 18 heavy (non-hydrogen) atoms. The van der Waals surface area contributed by atoms with Crippen molar-refractivity contribution in [1.82, 2.24) is 15.0 Å². The van der Waals surface area contributed by atoms with Crippen LogP contribution in [0, 0.1) is 5.92 Å². The lowest BCUT2D eigenvalue weighted by atomic mass is 9.73. The molecule has 1 aromatic heterocycles. The molecule has 0 unspecified atom stereocenters. The van der Waals surface area contributed by atoms with Crippen LogP contribution in [0.3, 0.4) is 0 Å². The van der Waals surface area contributed by atoms with E-state index < -0.39 is 0 Å². The lowest BCUT2D eigenvalue weighted by Crippen LogP contribution is -2.50. The molecule has 0 bridgehead atoms. The molecule has 104 valence electrons. The minimum atomic E-state index is -0.337. The van der Waals surface area contributed by atoms with Crippen LogP contribution >= 0.6 is 0 Å². The molecule has 0 fully saturated rings. The van der Waals surface area contributed by atoms with Crippen LogP contribution in [0.25, 0.3) is 0 Å². The predicted molar refractivity (Wildman–Crippen MR) is 75.5 cm³/mol. The molecule has 0 aromatic carbocycles. The lowest BCUT2D eigenvalue weighted by molar-refractivity contribution is 0.221. The zero-order valence-electron chi connectivity index (χ0n) is 13.1. The van der Waals surface area contributed by atoms with Crippen LogP contribution in [-0.4, -0.2) is 20.5 Å². The first kappa shape index (κ1) is 15.2. The molecule has 0 radical (unpaired) electrons. The van der Waals surface area contributed by atoms with Gasteiger partial charge in [-0.3, -0.25) is 0 Å². The normalized spacial score (nSPS) is 14.3. The van der Waals surface area contributed by atoms with Crippen molar-refractivity contribution in [1.29, 1.82) is 0 Å². The third-order valence-corrected chi connectivity index (χ3v) is 4.75. The van der Waals surface area contributed by atoms with Crippen molar-refractivity contribution >= 4 is 0 Å². The third-order valence-electron chi connectivity index (χ3n) is 4.75. The molecule has 0 saturated carbocycles. The number of nitrogens with zero attached hydrogens (tertiary/aromatic N) is 3. The van der Waals surface area contributed by atoms with E-state index in [1.807, 2.05) is 24.7 Å². The van der Waals surface area contributed by atoms with Gasteiger partial charge < -0.3 is 5.73 Å². The number of hydrogen-bond acceptors (Lipinski definition) is 3. The zero-order chi connectivity index (χ0) is 14.4. The Bertz CT molecular complexity index is 408. The van der Waals surface area contributed by atoms with E-state index in [9.17, 15) is 0 Å². The predicted octanol–water partition coefficient (Wildman–Crippen LogP) is 2.68. The van der Waals surface area contributed by atoms with Crippen LogP contribution in [0.4, 0.5) is 0 Å². The van der Waals surface area contributed by atoms with Crippen molar-refractivity contribution in [3.8, 4) is 0 Å². The van der Waals surface area contributed by atoms with Crippen molar-refractivity contribution in [3.63, 3.8) is 0 Å². The smallest absolute Gasteiger partial charge is 0.0901 e. The molecule has 4 heteroatoms. The SMILES string of the molecule is CC(C)C(C)(C)n1cc(C(C)(C)C(C)(C)N)nn1. The quantitative estimate of drug-likeness (QED) is 0.896. The number of aromatic nitrogens is 3. The van der Waals surface area contributed by atoms with E-state index in [4.69, 9.17) is 5.73 Å². The minimum absolute atomic E-state index is 0.0416. The van der Waals surface area contributed by atoms with Crippen molar-refractivity contribution in [2.75, 3.05) is 0 Å². The first-order chi connectivity index (χ1) is 7.90. The summed E-state index contributed by atoms with van der Waals surface area (Å²) in [5.74, 6) is 0.487. The molecular formula is C14H28N4. The van der Waals surface area contributed by atoms with E-state index in [1.54, 1.807) is 0 Å². The molecule has 0 amide bonds. The maximum atomic E-state index is 6.25. The molecule has 2 N–H and O–H groups in total. The van der Waals surface area contributed by atoms with Gasteiger partial charge in [-0.05, 0) is 33.6 Å². The average molecular weight is 252 g/mol. The molecule has 1 heterocycles. The second-order valence-corrected chi connectivity index (χ2v) is 7.20. The Labute approximate surface area is 111 Å². The highest BCUT2D eigenvalue weighted by molar-refractivity contribution is 5.17. The van der Waals surface area contributed by atoms with Crippen LogP contribution < -0.4 is 5.73 Å². The van der Waals surface area contributed by atoms with E-state index in [0.29, 0.717) is 5.92 Å². The molecule has 0 atom stereocenters. The fourth-order valence-electron chi connectivity index (χ4n) is 1.43. The number of rotatable bonds is 4. The first-order valence-electron chi connectivity index (χ1n) is 6.63. The summed E-state index contributed by atoms with van der Waals surface area (Å²) in [5.41, 5.74) is 6.61. The van der Waals surface area contributed by atoms with Gasteiger partial charge in [0.1, 0.15) is 0 Å². The largest absolute Gasteiger partial charge is 0.325 e. The lowest BCUT2D eigenvalue weighted by Gasteiger charge is -2.36. The molecule has 0 aliphatic rings. The summed E-state index contributed by atoms with van der Waals surface area (Å²) < 4.78 is 1.96. The van der Waals surface area contributed by atoms with E-state index in [2.05, 4.69) is 51.9 Å². The topological polar surface area (TPSA) is 56.7 Å². The molecule has 1 aromatic rings. The second kappa shape index (κ2) is 4.34. The van der Waals surface area contributed by atoms with Crippen molar-refractivity contribution in [2.45, 2.75) is 71.9 Å². The summed E-state index contributed by atoms with van der Waals surface area (Å²) in [5, 5.41) is 8.64. The molecular weight excluding hydrogens is 224 g/mol. The van der Waals surface area contributed by atoms with Crippen LogP contribution in [0.2, 0.25) is 0 Å². The Balaban J connectivity index is 3.16. The fourth-order valence-corrected chi connectivity index (χ4v) is 1.43. The first-order valence-corrected chi connectivity index (χ1v) is 6.63. The van der Waals surface area contributed by atoms with Crippen molar-refractivity contribution in [2.24, 2.45) is 11.7 Å². The summed E-state index contributed by atoms with van der Waals surface area (Å²) in [6.07, 6.45) is 2.04. The van der Waals surface area contributed by atoms with Gasteiger partial charge in [0.15, 0.2) is 0 Å². The van der Waals surface area contributed by atoms with E-state index in [-0.39, 0.29) is 16.5 Å². The minimum Gasteiger partial charge on any atom is -0.325 e. The Morgan fingerprint density at radius 3 is 2.00 bits per heavy atom. The van der Waals surface area contributed by atoms with E-state index in [1.165, 1.54) is 0 Å². The standard InChI is InChI=1S/C14H28N4/c1-10(2)13(5,6)18-9-11(16-17-18)12(3,4)14(7,8)15/h9-10H,15H2,1-8H3. The summed E-state index contributed by atoms with van der Waals surface area (Å²) >= 11 is 0. The van der Waals surface area contributed by atoms with Gasteiger partial charge in [0.2, 0.25) is 0 Å². The summed E-state index contributed by atoms with van der Waals surface area (Å²) in [7, 11) is 0. The van der Waals surface area contributed by atoms with Gasteiger partial charge in [0.05, 0.1) is 11.2 Å². The maximum Gasteiger partial charge on any atom is 0.0901 e. The molecule has 1 rings (SSSR count). The van der Waals surface area contributed by atoms with Gasteiger partial charge in [-0.15, -0.1) is 5.10 Å². The molecule has 0 spiro atoms. The molecule has 0 aliphatic carbocycles. The van der Waals surface area contributed by atoms with Crippen LogP contribution in [0.15, 0.2) is 6.20 Å². The average Bonchev–Trinajstić information content (AvgIpc) is 2.64. The van der Waals surface area contributed by atoms with Gasteiger partial charge in [0, 0.05) is 17.2 Å². The Kier molecular flexibility index (Phi) is 3.65. The molecule has 4 nitrogen and oxygen atoms in total. The Morgan fingerprint density at radius 2 is 1.61 bits per heavy atom. The van der Waals surface area contributed by atoms with Gasteiger partial charge in [0.25, 0.3) is 0 Å². The maximum absolute atomic E-state index is 6.25. The van der Waals surface area contributed by atoms with Crippen molar-refractivity contribution in [3.05, 3.63) is 11.9 Å². The summed E-state index contributed by atoms with van der Waals surface area (Å²) in [4.78, 5) is 0. The highest BCUT2D eigenvalue weighted by atomic mass is 15.4. The fraction of sp³-hybridized carbons (Fsp3) is 0.857. The highest BCUT2D eigenvalue weighted by Crippen LogP contribution is 2.33. The van der Waals surface area contributed by atoms with Gasteiger partial charge in [-0.2, -0.15) is 0 Å². The van der Waals surface area contributed by atoms with Gasteiger partial charge >= 0.3 is 0 Å². The van der Waals surface area contributed by atoms with E-state index in [0.717, 1.165) is 5.69 Å². The highest BCUT2D eigenvalue weighted by Gasteiger charge is 2.38. The van der Waals surface area contributed by atoms with E-state index >= 15 is 0 Å². The monoisotopic (exact) mass is 252 g/mol. The summed E-state index contributed by atoms with van der Waals surface area (Å²) in [6.45, 7) is 17.0. The molecule has 0 aliphatic heterocycles. The van der Waals surface area contributed by atoms with Gasteiger partial charge in [-0.25, -0.2) is 4.68 Å². The number of nitrogens with two attached hydrogens (primary N) is 1. The van der Waals surface area contributed by atoms with Gasteiger partial charge in [-0.1, -0.05) is 32.9 Å². The van der Waals surface area contributed by atoms with Crippen molar-refractivity contribution < 1.29 is 0 Å². The number of hydrogen-bond donors (Lipinski definition) is 1. The summed E-state index contributed by atoms with van der Waals surface area (Å²) in [6, 6.07) is 0. The zero-order valence-corrected chi connectivity index (χ0v) is 13.1. The Morgan fingerprint density at radius 1 is 1.11 bits per heavy atom. The van der Waals surface area contributed by atoms with Crippen LogP contribution in [-0.2, 0) is 11.0 Å².